The van der Waals surface area contributed by atoms with Crippen molar-refractivity contribution in [3.8, 4) is 11.5 Å². The second-order valence-corrected chi connectivity index (χ2v) is 13.1. The second-order valence-electron chi connectivity index (χ2n) is 11.8. The van der Waals surface area contributed by atoms with E-state index in [1.807, 2.05) is 35.0 Å². The van der Waals surface area contributed by atoms with Gasteiger partial charge in [-0.15, -0.1) is 4.99 Å². The Morgan fingerprint density at radius 3 is 2.64 bits per heavy atom. The van der Waals surface area contributed by atoms with Crippen LogP contribution in [-0.4, -0.2) is 52.4 Å². The lowest BCUT2D eigenvalue weighted by molar-refractivity contribution is -0.143. The van der Waals surface area contributed by atoms with Gasteiger partial charge in [0.2, 0.25) is 5.62 Å². The zero-order valence-electron chi connectivity index (χ0n) is 26.2. The number of esters is 1. The van der Waals surface area contributed by atoms with Crippen LogP contribution in [0.5, 0.6) is 11.5 Å². The molecule has 4 rings (SSSR count). The van der Waals surface area contributed by atoms with Crippen LogP contribution in [0.4, 0.5) is 4.79 Å². The molecule has 0 aliphatic carbocycles. The zero-order valence-corrected chi connectivity index (χ0v) is 28.6. The quantitative estimate of drug-likeness (QED) is 0.162. The molecule has 0 radical (unpaired) electrons. The predicted molar refractivity (Wildman–Crippen MR) is 173 cm³/mol. The number of Topliss-reactive ketones (excluding diaryl/α,β-unsaturated/α-hetero) is 1. The minimum Gasteiger partial charge on any atom is -0.492 e. The van der Waals surface area contributed by atoms with E-state index in [0.29, 0.717) is 77.6 Å². The number of halogens is 2. The van der Waals surface area contributed by atoms with Crippen molar-refractivity contribution >= 4 is 45.4 Å². The van der Waals surface area contributed by atoms with Gasteiger partial charge in [0.05, 0.1) is 47.3 Å². The van der Waals surface area contributed by atoms with Crippen molar-refractivity contribution in [2.24, 2.45) is 18.0 Å². The van der Waals surface area contributed by atoms with Crippen LogP contribution in [0.25, 0.3) is 0 Å². The highest BCUT2D eigenvalue weighted by molar-refractivity contribution is 9.10. The number of nitrogens with zero attached hydrogens (tertiary/aromatic N) is 3. The third kappa shape index (κ3) is 9.46. The van der Waals surface area contributed by atoms with E-state index in [-0.39, 0.29) is 18.4 Å². The fraction of sp³-hybridized carbons (Fsp3) is 0.455. The molecular weight excluding hydrogens is 666 g/mol. The van der Waals surface area contributed by atoms with E-state index in [9.17, 15) is 14.4 Å². The summed E-state index contributed by atoms with van der Waals surface area (Å²) in [4.78, 5) is 41.8. The summed E-state index contributed by atoms with van der Waals surface area (Å²) in [6.45, 7) is 8.53. The molecule has 0 bridgehead atoms. The zero-order chi connectivity index (χ0) is 32.7. The third-order valence-electron chi connectivity index (χ3n) is 6.96. The molecular formula is C33H39BrClN3O7. The maximum Gasteiger partial charge on any atom is 0.437 e. The van der Waals surface area contributed by atoms with Crippen molar-refractivity contribution in [1.29, 1.82) is 0 Å². The first-order valence-electron chi connectivity index (χ1n) is 14.9. The van der Waals surface area contributed by atoms with Gasteiger partial charge in [-0.3, -0.25) is 9.59 Å². The molecule has 2 heterocycles. The Hall–Kier alpha value is -3.57. The highest BCUT2D eigenvalue weighted by atomic mass is 79.9. The van der Waals surface area contributed by atoms with Gasteiger partial charge in [0.1, 0.15) is 17.1 Å². The topological polar surface area (TPSA) is 110 Å². The van der Waals surface area contributed by atoms with E-state index in [4.69, 9.17) is 30.5 Å². The van der Waals surface area contributed by atoms with Crippen LogP contribution in [0.1, 0.15) is 68.4 Å². The first kappa shape index (κ1) is 34.3. The molecule has 2 aromatic carbocycles. The Kier molecular flexibility index (Phi) is 11.5. The van der Waals surface area contributed by atoms with E-state index >= 15 is 0 Å². The summed E-state index contributed by atoms with van der Waals surface area (Å²) in [6, 6.07) is 9.23. The Bertz CT molecular complexity index is 1620. The van der Waals surface area contributed by atoms with E-state index in [2.05, 4.69) is 20.9 Å². The molecule has 45 heavy (non-hydrogen) atoms. The molecule has 0 spiro atoms. The maximum atomic E-state index is 13.7. The van der Waals surface area contributed by atoms with E-state index < -0.39 is 17.6 Å². The van der Waals surface area contributed by atoms with Gasteiger partial charge in [0, 0.05) is 25.9 Å². The summed E-state index contributed by atoms with van der Waals surface area (Å²) in [5.74, 6) is 0.411. The lowest BCUT2D eigenvalue weighted by Crippen LogP contribution is -2.30. The number of imidazole rings is 1. The lowest BCUT2D eigenvalue weighted by Gasteiger charge is -2.26. The minimum absolute atomic E-state index is 0.0214. The highest BCUT2D eigenvalue weighted by Crippen LogP contribution is 2.37. The fourth-order valence-electron chi connectivity index (χ4n) is 4.90. The molecule has 10 nitrogen and oxygen atoms in total. The normalized spacial score (nSPS) is 15.0. The molecule has 3 aromatic rings. The van der Waals surface area contributed by atoms with Crippen LogP contribution in [0.15, 0.2) is 52.2 Å². The smallest absolute Gasteiger partial charge is 0.437 e. The van der Waals surface area contributed by atoms with Gasteiger partial charge in [-0.2, -0.15) is 0 Å². The number of ether oxygens (including phenoxy) is 4. The largest absolute Gasteiger partial charge is 0.492 e. The molecule has 242 valence electrons. The monoisotopic (exact) mass is 703 g/mol. The Morgan fingerprint density at radius 1 is 1.13 bits per heavy atom. The van der Waals surface area contributed by atoms with E-state index in [1.54, 1.807) is 51.6 Å². The summed E-state index contributed by atoms with van der Waals surface area (Å²) in [5, 5.41) is 0.477. The van der Waals surface area contributed by atoms with Crippen molar-refractivity contribution in [2.45, 2.75) is 65.5 Å². The Labute approximate surface area is 276 Å². The average molecular weight is 705 g/mol. The van der Waals surface area contributed by atoms with E-state index in [1.165, 1.54) is 0 Å². The number of aryl methyl sites for hydroxylation is 1. The SMILES string of the molecule is CCOC(=O)CCCCOc1cc(CC2COc3c(Br)cc(Cn4ccn(C)c4=NC(=O)OC(C)(C)C)cc3C2=O)ccc1Cl. The predicted octanol–water partition coefficient (Wildman–Crippen LogP) is 6.67. The van der Waals surface area contributed by atoms with Crippen molar-refractivity contribution in [3.05, 3.63) is 74.5 Å². The molecule has 12 heteroatoms. The molecule has 0 N–H and O–H groups in total. The first-order chi connectivity index (χ1) is 21.3. The Morgan fingerprint density at radius 2 is 1.91 bits per heavy atom. The summed E-state index contributed by atoms with van der Waals surface area (Å²) >= 11 is 9.96. The van der Waals surface area contributed by atoms with Gasteiger partial charge < -0.3 is 28.1 Å². The molecule has 1 amide bonds. The molecule has 1 aromatic heterocycles. The number of carbonyl (C=O) groups excluding carboxylic acids is 3. The van der Waals surface area contributed by atoms with Crippen molar-refractivity contribution < 1.29 is 33.3 Å². The summed E-state index contributed by atoms with van der Waals surface area (Å²) in [5.41, 5.74) is 1.97. The van der Waals surface area contributed by atoms with Gasteiger partial charge in [-0.25, -0.2) is 4.79 Å². The van der Waals surface area contributed by atoms with Crippen molar-refractivity contribution in [3.63, 3.8) is 0 Å². The second kappa shape index (κ2) is 15.1. The lowest BCUT2D eigenvalue weighted by atomic mass is 9.89. The summed E-state index contributed by atoms with van der Waals surface area (Å²) in [6.07, 6.45) is 5.07. The molecule has 0 fully saturated rings. The van der Waals surface area contributed by atoms with Crippen LogP contribution in [0, 0.1) is 5.92 Å². The van der Waals surface area contributed by atoms with Crippen LogP contribution < -0.4 is 15.1 Å². The first-order valence-corrected chi connectivity index (χ1v) is 16.1. The number of aromatic nitrogens is 2. The number of ketones is 1. The van der Waals surface area contributed by atoms with Gasteiger partial charge in [-0.1, -0.05) is 17.7 Å². The number of rotatable bonds is 11. The fourth-order valence-corrected chi connectivity index (χ4v) is 5.70. The molecule has 1 aliphatic heterocycles. The number of fused-ring (bicyclic) bond motifs is 1. The number of unbranched alkanes of at least 4 members (excludes halogenated alkanes) is 1. The number of benzene rings is 2. The van der Waals surface area contributed by atoms with Gasteiger partial charge >= 0.3 is 12.1 Å². The third-order valence-corrected chi connectivity index (χ3v) is 7.87. The summed E-state index contributed by atoms with van der Waals surface area (Å²) < 4.78 is 26.5. The van der Waals surface area contributed by atoms with Crippen LogP contribution in [-0.2, 0) is 34.3 Å². The Balaban J connectivity index is 1.45. The van der Waals surface area contributed by atoms with Gasteiger partial charge in [-0.05, 0) is 98.3 Å². The van der Waals surface area contributed by atoms with Crippen molar-refractivity contribution in [1.82, 2.24) is 9.13 Å². The molecule has 1 unspecified atom stereocenters. The van der Waals surface area contributed by atoms with Crippen LogP contribution in [0.3, 0.4) is 0 Å². The number of hydrogen-bond acceptors (Lipinski definition) is 7. The van der Waals surface area contributed by atoms with Crippen LogP contribution >= 0.6 is 27.5 Å². The van der Waals surface area contributed by atoms with Crippen LogP contribution in [0.2, 0.25) is 5.02 Å². The average Bonchev–Trinajstić information content (AvgIpc) is 3.29. The minimum atomic E-state index is -0.680. The number of hydrogen-bond donors (Lipinski definition) is 0. The number of amides is 1. The molecule has 0 saturated heterocycles. The van der Waals surface area contributed by atoms with Crippen molar-refractivity contribution in [2.75, 3.05) is 19.8 Å². The summed E-state index contributed by atoms with van der Waals surface area (Å²) in [7, 11) is 1.80. The maximum absolute atomic E-state index is 13.7. The number of carbonyl (C=O) groups is 3. The molecule has 0 saturated carbocycles. The molecule has 1 aliphatic rings. The van der Waals surface area contributed by atoms with E-state index in [0.717, 1.165) is 11.1 Å². The highest BCUT2D eigenvalue weighted by Gasteiger charge is 2.31. The standard InChI is InChI=1S/C33H39BrClN3O7/c1-6-42-28(39)9-7-8-14-43-27-18-21(10-11-26(27)35)15-23-20-44-30-24(29(23)40)16-22(17-25(30)34)19-38-13-12-37(5)31(38)36-32(41)45-33(2,3)4/h10-13,16-18,23H,6-9,14-15,19-20H2,1-5H3. The van der Waals surface area contributed by atoms with Gasteiger partial charge in [0.25, 0.3) is 0 Å². The molecule has 1 atom stereocenters. The van der Waals surface area contributed by atoms with Gasteiger partial charge in [0.15, 0.2) is 5.78 Å².